The van der Waals surface area contributed by atoms with E-state index >= 15 is 0 Å². The molecule has 8 nitrogen and oxygen atoms in total. The standard InChI is InChI=1S/C58H95NO7/c1-6-8-10-12-14-16-18-20-22-24-26-27-28-29-31-32-34-36-38-40-42-44-46-48-56(60)65-53-54(52-64-51-50-55(58(62)63)59(3,4)5)66-57(61)49-47-45-43-41-39-37-35-33-30-25-23-21-19-17-15-13-11-9-7-2/h8-11,14-17,20-23,26-27,30,33,37,39,54-55H,6-7,12-13,18-19,24-25,28-29,31-32,34-36,38,40-53H2,1-5H3/b10-8-,11-9-,16-14-,17-15-,22-20-,23-21-,27-26-,33-30-,39-37-. The number of hydrogen-bond donors (Lipinski definition) is 0. The third-order valence-electron chi connectivity index (χ3n) is 10.9. The van der Waals surface area contributed by atoms with Gasteiger partial charge in [-0.15, -0.1) is 0 Å². The lowest BCUT2D eigenvalue weighted by atomic mass is 10.1. The third kappa shape index (κ3) is 45.2. The fraction of sp³-hybridized carbons (Fsp3) is 0.638. The summed E-state index contributed by atoms with van der Waals surface area (Å²) in [6.07, 6.45) is 65.5. The zero-order chi connectivity index (χ0) is 48.4. The Morgan fingerprint density at radius 2 is 0.803 bits per heavy atom. The van der Waals surface area contributed by atoms with Crippen molar-refractivity contribution < 1.29 is 38.2 Å². The van der Waals surface area contributed by atoms with E-state index in [1.54, 1.807) is 21.1 Å². The van der Waals surface area contributed by atoms with Crippen molar-refractivity contribution in [1.29, 1.82) is 0 Å². The number of carboxylic acid groups (broad SMARTS) is 1. The number of carbonyl (C=O) groups is 3. The molecule has 0 saturated carbocycles. The van der Waals surface area contributed by atoms with E-state index in [9.17, 15) is 19.5 Å². The number of unbranched alkanes of at least 4 members (excludes halogenated alkanes) is 13. The van der Waals surface area contributed by atoms with Gasteiger partial charge in [-0.1, -0.05) is 181 Å². The first-order valence-corrected chi connectivity index (χ1v) is 25.9. The van der Waals surface area contributed by atoms with Crippen LogP contribution in [0.5, 0.6) is 0 Å². The zero-order valence-corrected chi connectivity index (χ0v) is 42.6. The van der Waals surface area contributed by atoms with Gasteiger partial charge >= 0.3 is 11.9 Å². The van der Waals surface area contributed by atoms with E-state index in [0.29, 0.717) is 12.8 Å². The SMILES string of the molecule is CC/C=C\C/C=C\C/C=C\C/C=C\C/C=C\CCCCCC(=O)OC(COCCC(C(=O)[O-])[N+](C)(C)C)COC(=O)CCCCCCCCCCCC/C=C\C/C=C\C/C=C\C/C=C\CC. The first-order chi connectivity index (χ1) is 32.1. The topological polar surface area (TPSA) is 102 Å². The van der Waals surface area contributed by atoms with Crippen molar-refractivity contribution in [2.45, 2.75) is 199 Å². The molecule has 0 amide bonds. The number of carboxylic acids is 1. The zero-order valence-electron chi connectivity index (χ0n) is 42.6. The molecule has 0 N–H and O–H groups in total. The molecule has 8 heteroatoms. The molecule has 374 valence electrons. The molecule has 0 fully saturated rings. The van der Waals surface area contributed by atoms with Crippen LogP contribution in [-0.4, -0.2) is 75.5 Å². The van der Waals surface area contributed by atoms with E-state index < -0.39 is 18.1 Å². The van der Waals surface area contributed by atoms with Crippen molar-refractivity contribution >= 4 is 17.9 Å². The highest BCUT2D eigenvalue weighted by molar-refractivity contribution is 5.70. The van der Waals surface area contributed by atoms with Crippen LogP contribution in [0.2, 0.25) is 0 Å². The number of quaternary nitrogens is 1. The van der Waals surface area contributed by atoms with E-state index in [2.05, 4.69) is 123 Å². The van der Waals surface area contributed by atoms with Gasteiger partial charge in [0.25, 0.3) is 0 Å². The van der Waals surface area contributed by atoms with Gasteiger partial charge in [0.1, 0.15) is 12.6 Å². The maximum atomic E-state index is 12.8. The minimum Gasteiger partial charge on any atom is -0.544 e. The Labute approximate surface area is 404 Å². The van der Waals surface area contributed by atoms with Crippen LogP contribution in [0.15, 0.2) is 109 Å². The maximum absolute atomic E-state index is 12.8. The second kappa shape index (κ2) is 47.5. The Balaban J connectivity index is 4.31. The van der Waals surface area contributed by atoms with Crippen molar-refractivity contribution in [3.05, 3.63) is 109 Å². The number of ether oxygens (including phenoxy) is 3. The van der Waals surface area contributed by atoms with Gasteiger partial charge in [-0.2, -0.15) is 0 Å². The molecule has 0 aromatic rings. The molecule has 2 atom stereocenters. The van der Waals surface area contributed by atoms with Crippen LogP contribution < -0.4 is 5.11 Å². The van der Waals surface area contributed by atoms with Crippen LogP contribution in [-0.2, 0) is 28.6 Å². The van der Waals surface area contributed by atoms with Crippen molar-refractivity contribution in [3.8, 4) is 0 Å². The fourth-order valence-corrected chi connectivity index (χ4v) is 6.97. The van der Waals surface area contributed by atoms with Gasteiger partial charge in [-0.05, 0) is 96.3 Å². The number of carbonyl (C=O) groups excluding carboxylic acids is 3. The van der Waals surface area contributed by atoms with Crippen LogP contribution in [0.1, 0.15) is 187 Å². The molecule has 0 heterocycles. The monoisotopic (exact) mass is 918 g/mol. The molecule has 0 aromatic heterocycles. The average molecular weight is 918 g/mol. The highest BCUT2D eigenvalue weighted by Gasteiger charge is 2.25. The quantitative estimate of drug-likeness (QED) is 0.0259. The molecule has 0 aromatic carbocycles. The van der Waals surface area contributed by atoms with Crippen LogP contribution in [0.3, 0.4) is 0 Å². The highest BCUT2D eigenvalue weighted by atomic mass is 16.6. The number of nitrogens with zero attached hydrogens (tertiary/aromatic N) is 1. The molecule has 0 aliphatic rings. The summed E-state index contributed by atoms with van der Waals surface area (Å²) in [4.78, 5) is 37.1. The average Bonchev–Trinajstić information content (AvgIpc) is 3.28. The molecule has 0 saturated heterocycles. The van der Waals surface area contributed by atoms with E-state index in [-0.39, 0.29) is 49.1 Å². The molecule has 0 rings (SSSR count). The molecule has 0 bridgehead atoms. The number of allylic oxidation sites excluding steroid dienone is 18. The lowest BCUT2D eigenvalue weighted by Crippen LogP contribution is -2.55. The van der Waals surface area contributed by atoms with Crippen LogP contribution in [0, 0.1) is 0 Å². The Morgan fingerprint density at radius 3 is 1.20 bits per heavy atom. The van der Waals surface area contributed by atoms with Gasteiger partial charge in [0.2, 0.25) is 0 Å². The van der Waals surface area contributed by atoms with Gasteiger partial charge in [-0.25, -0.2) is 0 Å². The normalized spacial score (nSPS) is 13.8. The summed E-state index contributed by atoms with van der Waals surface area (Å²) in [5.74, 6) is -1.79. The lowest BCUT2D eigenvalue weighted by Gasteiger charge is -2.34. The Kier molecular flexibility index (Phi) is 44.6. The maximum Gasteiger partial charge on any atom is 0.306 e. The number of rotatable bonds is 45. The summed E-state index contributed by atoms with van der Waals surface area (Å²) in [5, 5.41) is 11.7. The largest absolute Gasteiger partial charge is 0.544 e. The summed E-state index contributed by atoms with van der Waals surface area (Å²) < 4.78 is 17.2. The highest BCUT2D eigenvalue weighted by Crippen LogP contribution is 2.14. The molecule has 66 heavy (non-hydrogen) atoms. The van der Waals surface area contributed by atoms with Crippen LogP contribution in [0.25, 0.3) is 0 Å². The Morgan fingerprint density at radius 1 is 0.455 bits per heavy atom. The molecular weight excluding hydrogens is 823 g/mol. The summed E-state index contributed by atoms with van der Waals surface area (Å²) in [6, 6.07) is -0.740. The number of aliphatic carboxylic acids is 1. The molecule has 0 radical (unpaired) electrons. The minimum atomic E-state index is -1.14. The van der Waals surface area contributed by atoms with Crippen LogP contribution >= 0.6 is 0 Å². The Bertz CT molecular complexity index is 1440. The van der Waals surface area contributed by atoms with E-state index in [4.69, 9.17) is 14.2 Å². The van der Waals surface area contributed by atoms with Gasteiger partial charge in [0.15, 0.2) is 6.10 Å². The van der Waals surface area contributed by atoms with E-state index in [1.165, 1.54) is 44.9 Å². The van der Waals surface area contributed by atoms with E-state index in [0.717, 1.165) is 103 Å². The second-order valence-corrected chi connectivity index (χ2v) is 18.0. The summed E-state index contributed by atoms with van der Waals surface area (Å²) in [6.45, 7) is 4.39. The molecule has 2 unspecified atom stereocenters. The summed E-state index contributed by atoms with van der Waals surface area (Å²) in [5.41, 5.74) is 0. The smallest absolute Gasteiger partial charge is 0.306 e. The predicted molar refractivity (Wildman–Crippen MR) is 277 cm³/mol. The van der Waals surface area contributed by atoms with Gasteiger partial charge in [-0.3, -0.25) is 9.59 Å². The molecular formula is C58H95NO7. The van der Waals surface area contributed by atoms with Gasteiger partial charge in [0, 0.05) is 19.3 Å². The summed E-state index contributed by atoms with van der Waals surface area (Å²) >= 11 is 0. The molecule has 0 aliphatic carbocycles. The molecule has 0 aliphatic heterocycles. The predicted octanol–water partition coefficient (Wildman–Crippen LogP) is 13.9. The van der Waals surface area contributed by atoms with Gasteiger partial charge < -0.3 is 28.6 Å². The van der Waals surface area contributed by atoms with Crippen molar-refractivity contribution in [2.24, 2.45) is 0 Å². The van der Waals surface area contributed by atoms with Crippen molar-refractivity contribution in [1.82, 2.24) is 0 Å². The van der Waals surface area contributed by atoms with Crippen molar-refractivity contribution in [3.63, 3.8) is 0 Å². The Hall–Kier alpha value is -4.01. The number of esters is 2. The lowest BCUT2D eigenvalue weighted by molar-refractivity contribution is -0.889. The third-order valence-corrected chi connectivity index (χ3v) is 10.9. The van der Waals surface area contributed by atoms with Crippen molar-refractivity contribution in [2.75, 3.05) is 41.0 Å². The van der Waals surface area contributed by atoms with Gasteiger partial charge in [0.05, 0.1) is 40.3 Å². The minimum absolute atomic E-state index is 0.0191. The van der Waals surface area contributed by atoms with Crippen LogP contribution in [0.4, 0.5) is 0 Å². The molecule has 0 spiro atoms. The first-order valence-electron chi connectivity index (χ1n) is 25.9. The summed E-state index contributed by atoms with van der Waals surface area (Å²) in [7, 11) is 5.39. The second-order valence-electron chi connectivity index (χ2n) is 18.0. The number of hydrogen-bond acceptors (Lipinski definition) is 7. The fourth-order valence-electron chi connectivity index (χ4n) is 6.97. The first kappa shape index (κ1) is 62.0. The van der Waals surface area contributed by atoms with E-state index in [1.807, 2.05) is 0 Å². The number of likely N-dealkylation sites (N-methyl/N-ethyl adjacent to an activating group) is 1.